The summed E-state index contributed by atoms with van der Waals surface area (Å²) in [4.78, 5) is 12.1. The van der Waals surface area contributed by atoms with Gasteiger partial charge in [0.05, 0.1) is 24.3 Å². The Hall–Kier alpha value is -2.37. The van der Waals surface area contributed by atoms with Gasteiger partial charge in [-0.2, -0.15) is 21.0 Å². The number of ketones is 1. The Bertz CT molecular complexity index is 524. The molecule has 0 aliphatic heterocycles. The first kappa shape index (κ1) is 14.7. The zero-order valence-electron chi connectivity index (χ0n) is 11.0. The lowest BCUT2D eigenvalue weighted by Gasteiger charge is -2.43. The minimum Gasteiger partial charge on any atom is -0.299 e. The van der Waals surface area contributed by atoms with Gasteiger partial charge in [0, 0.05) is 18.3 Å². The lowest BCUT2D eigenvalue weighted by Crippen LogP contribution is -2.53. The molecule has 96 valence electrons. The van der Waals surface area contributed by atoms with Gasteiger partial charge in [0.25, 0.3) is 0 Å². The molecular weight excluding hydrogens is 240 g/mol. The van der Waals surface area contributed by atoms with Crippen molar-refractivity contribution < 1.29 is 4.79 Å². The molecule has 5 nitrogen and oxygen atoms in total. The van der Waals surface area contributed by atoms with E-state index in [4.69, 9.17) is 0 Å². The summed E-state index contributed by atoms with van der Waals surface area (Å²) >= 11 is 0. The van der Waals surface area contributed by atoms with E-state index < -0.39 is 22.7 Å². The standard InChI is InChI=1S/C14H14N4O/c1-3-4-11-10(2)14(8-17,9-18)13(6-15,7-16)5-12(11)19/h10-11H,3-5H2,1-2H3/t10-,11+/m0/s1. The Kier molecular flexibility index (Phi) is 3.94. The van der Waals surface area contributed by atoms with Gasteiger partial charge in [-0.1, -0.05) is 20.3 Å². The van der Waals surface area contributed by atoms with Crippen molar-refractivity contribution in [1.29, 1.82) is 21.0 Å². The maximum atomic E-state index is 12.1. The number of carbonyl (C=O) groups is 1. The molecule has 0 aromatic rings. The summed E-state index contributed by atoms with van der Waals surface area (Å²) in [5.74, 6) is -1.25. The van der Waals surface area contributed by atoms with E-state index in [1.165, 1.54) is 0 Å². The van der Waals surface area contributed by atoms with Gasteiger partial charge in [-0.3, -0.25) is 4.79 Å². The first-order valence-electron chi connectivity index (χ1n) is 6.16. The van der Waals surface area contributed by atoms with Crippen molar-refractivity contribution in [3.8, 4) is 24.3 Å². The first-order chi connectivity index (χ1) is 8.98. The van der Waals surface area contributed by atoms with Crippen LogP contribution >= 0.6 is 0 Å². The Labute approximate surface area is 112 Å². The molecule has 0 radical (unpaired) electrons. The molecule has 0 aromatic heterocycles. The number of hydrogen-bond acceptors (Lipinski definition) is 5. The Morgan fingerprint density at radius 3 is 2.05 bits per heavy atom. The predicted molar refractivity (Wildman–Crippen MR) is 64.5 cm³/mol. The fraction of sp³-hybridized carbons (Fsp3) is 0.643. The molecule has 0 N–H and O–H groups in total. The second-order valence-corrected chi connectivity index (χ2v) is 4.99. The maximum absolute atomic E-state index is 12.1. The van der Waals surface area contributed by atoms with Crippen LogP contribution in [0, 0.1) is 68.0 Å². The van der Waals surface area contributed by atoms with Crippen LogP contribution in [0.5, 0.6) is 0 Å². The van der Waals surface area contributed by atoms with Gasteiger partial charge >= 0.3 is 0 Å². The molecule has 0 spiro atoms. The fourth-order valence-corrected chi connectivity index (χ4v) is 2.92. The first-order valence-corrected chi connectivity index (χ1v) is 6.16. The molecule has 5 heteroatoms. The van der Waals surface area contributed by atoms with Crippen LogP contribution in [0.25, 0.3) is 0 Å². The third-order valence-electron chi connectivity index (χ3n) is 4.15. The van der Waals surface area contributed by atoms with Gasteiger partial charge in [-0.25, -0.2) is 0 Å². The summed E-state index contributed by atoms with van der Waals surface area (Å²) in [5, 5.41) is 37.3. The van der Waals surface area contributed by atoms with E-state index in [1.807, 2.05) is 19.1 Å². The molecule has 1 fully saturated rings. The van der Waals surface area contributed by atoms with Crippen molar-refractivity contribution >= 4 is 5.78 Å². The Morgan fingerprint density at radius 1 is 1.16 bits per heavy atom. The van der Waals surface area contributed by atoms with Gasteiger partial charge in [-0.15, -0.1) is 0 Å². The summed E-state index contributed by atoms with van der Waals surface area (Å²) < 4.78 is 0. The second-order valence-electron chi connectivity index (χ2n) is 4.99. The van der Waals surface area contributed by atoms with Crippen molar-refractivity contribution in [2.75, 3.05) is 0 Å². The lowest BCUT2D eigenvalue weighted by molar-refractivity contribution is -0.132. The number of carbonyl (C=O) groups excluding carboxylic acids is 1. The predicted octanol–water partition coefficient (Wildman–Crippen LogP) is 2.08. The van der Waals surface area contributed by atoms with E-state index in [0.717, 1.165) is 6.42 Å². The van der Waals surface area contributed by atoms with E-state index in [-0.39, 0.29) is 12.2 Å². The highest BCUT2D eigenvalue weighted by Gasteiger charge is 2.64. The van der Waals surface area contributed by atoms with Crippen molar-refractivity contribution in [3.05, 3.63) is 0 Å². The lowest BCUT2D eigenvalue weighted by atomic mass is 9.50. The number of nitriles is 4. The molecular formula is C14H14N4O. The van der Waals surface area contributed by atoms with Crippen molar-refractivity contribution in [1.82, 2.24) is 0 Å². The van der Waals surface area contributed by atoms with Gasteiger partial charge < -0.3 is 0 Å². The zero-order valence-corrected chi connectivity index (χ0v) is 11.0. The van der Waals surface area contributed by atoms with Crippen LogP contribution in [-0.4, -0.2) is 5.78 Å². The van der Waals surface area contributed by atoms with Gasteiger partial charge in [0.1, 0.15) is 5.78 Å². The summed E-state index contributed by atoms with van der Waals surface area (Å²) in [6.07, 6.45) is 0.980. The summed E-state index contributed by atoms with van der Waals surface area (Å²) in [5.41, 5.74) is -3.61. The van der Waals surface area contributed by atoms with E-state index in [2.05, 4.69) is 0 Å². The van der Waals surface area contributed by atoms with E-state index >= 15 is 0 Å². The average molecular weight is 254 g/mol. The highest BCUT2D eigenvalue weighted by atomic mass is 16.1. The maximum Gasteiger partial charge on any atom is 0.182 e. The molecule has 0 bridgehead atoms. The highest BCUT2D eigenvalue weighted by Crippen LogP contribution is 2.54. The summed E-state index contributed by atoms with van der Waals surface area (Å²) in [7, 11) is 0. The molecule has 1 aliphatic carbocycles. The van der Waals surface area contributed by atoms with Crippen molar-refractivity contribution in [3.63, 3.8) is 0 Å². The largest absolute Gasteiger partial charge is 0.299 e. The zero-order chi connectivity index (χ0) is 14.7. The van der Waals surface area contributed by atoms with Crippen LogP contribution in [-0.2, 0) is 4.79 Å². The molecule has 0 amide bonds. The van der Waals surface area contributed by atoms with Crippen LogP contribution in [0.1, 0.15) is 33.1 Å². The van der Waals surface area contributed by atoms with E-state index in [9.17, 15) is 25.8 Å². The molecule has 1 aliphatic rings. The smallest absolute Gasteiger partial charge is 0.182 e. The average Bonchev–Trinajstić information content (AvgIpc) is 2.43. The third kappa shape index (κ3) is 1.76. The Balaban J connectivity index is 3.49. The number of rotatable bonds is 2. The van der Waals surface area contributed by atoms with Crippen molar-refractivity contribution in [2.45, 2.75) is 33.1 Å². The minimum absolute atomic E-state index is 0.196. The van der Waals surface area contributed by atoms with Crippen LogP contribution < -0.4 is 0 Å². The molecule has 0 heterocycles. The summed E-state index contributed by atoms with van der Waals surface area (Å²) in [6, 6.07) is 7.23. The summed E-state index contributed by atoms with van der Waals surface area (Å²) in [6.45, 7) is 3.53. The number of hydrogen-bond donors (Lipinski definition) is 0. The molecule has 0 aromatic carbocycles. The number of nitrogens with zero attached hydrogens (tertiary/aromatic N) is 4. The minimum atomic E-state index is -1.86. The van der Waals surface area contributed by atoms with E-state index in [0.29, 0.717) is 6.42 Å². The van der Waals surface area contributed by atoms with Crippen LogP contribution in [0.15, 0.2) is 0 Å². The van der Waals surface area contributed by atoms with Crippen LogP contribution in [0.2, 0.25) is 0 Å². The van der Waals surface area contributed by atoms with Gasteiger partial charge in [-0.05, 0) is 6.42 Å². The van der Waals surface area contributed by atoms with Gasteiger partial charge in [0.2, 0.25) is 0 Å². The molecule has 2 atom stereocenters. The SMILES string of the molecule is CCC[C@H]1C(=O)CC(C#N)(C#N)C(C#N)(C#N)[C@H]1C. The second kappa shape index (κ2) is 5.09. The molecule has 1 rings (SSSR count). The van der Waals surface area contributed by atoms with Crippen LogP contribution in [0.3, 0.4) is 0 Å². The highest BCUT2D eigenvalue weighted by molar-refractivity contribution is 5.85. The monoisotopic (exact) mass is 254 g/mol. The number of Topliss-reactive ketones (excluding diaryl/α,β-unsaturated/α-hetero) is 1. The molecule has 19 heavy (non-hydrogen) atoms. The van der Waals surface area contributed by atoms with Crippen molar-refractivity contribution in [2.24, 2.45) is 22.7 Å². The third-order valence-corrected chi connectivity index (χ3v) is 4.15. The molecule has 0 saturated heterocycles. The fourth-order valence-electron chi connectivity index (χ4n) is 2.92. The molecule has 1 saturated carbocycles. The Morgan fingerprint density at radius 2 is 1.68 bits per heavy atom. The quantitative estimate of drug-likeness (QED) is 0.748. The normalized spacial score (nSPS) is 27.4. The van der Waals surface area contributed by atoms with Crippen LogP contribution in [0.4, 0.5) is 0 Å². The van der Waals surface area contributed by atoms with E-state index in [1.54, 1.807) is 19.1 Å². The topological polar surface area (TPSA) is 112 Å². The van der Waals surface area contributed by atoms with Gasteiger partial charge in [0.15, 0.2) is 10.8 Å². The molecule has 0 unspecified atom stereocenters.